The molecule has 0 aliphatic carbocycles. The molecule has 0 aliphatic heterocycles. The smallest absolute Gasteiger partial charge is 0.266 e. The molecule has 0 spiro atoms. The summed E-state index contributed by atoms with van der Waals surface area (Å²) >= 11 is 0. The molecule has 6 heteroatoms. The molecule has 1 aromatic rings. The Morgan fingerprint density at radius 1 is 1.15 bits per heavy atom. The third-order valence-corrected chi connectivity index (χ3v) is 2.80. The number of primary amides is 1. The van der Waals surface area contributed by atoms with Gasteiger partial charge in [-0.3, -0.25) is 15.0 Å². The van der Waals surface area contributed by atoms with Crippen molar-refractivity contribution in [2.45, 2.75) is 12.8 Å². The Kier molecular flexibility index (Phi) is 6.69. The molecule has 1 rings (SSSR count). The minimum absolute atomic E-state index is 0.222. The Morgan fingerprint density at radius 3 is 2.40 bits per heavy atom. The largest absolute Gasteiger partial charge is 0.366 e. The van der Waals surface area contributed by atoms with Crippen LogP contribution in [-0.2, 0) is 0 Å². The number of carbonyl (C=O) groups is 2. The van der Waals surface area contributed by atoms with Crippen LogP contribution in [0.2, 0.25) is 0 Å². The average Bonchev–Trinajstić information content (AvgIpc) is 2.42. The molecule has 0 unspecified atom stereocenters. The number of nitrogens with zero attached hydrogens (tertiary/aromatic N) is 1. The van der Waals surface area contributed by atoms with Gasteiger partial charge < -0.3 is 10.6 Å². The quantitative estimate of drug-likeness (QED) is 0.473. The number of amides is 2. The maximum atomic E-state index is 11.9. The number of nitrogens with one attached hydrogen (secondary N) is 2. The third-order valence-electron chi connectivity index (χ3n) is 2.80. The Hall–Kier alpha value is -1.92. The maximum absolute atomic E-state index is 11.9. The van der Waals surface area contributed by atoms with Crippen molar-refractivity contribution in [1.29, 1.82) is 0 Å². The molecule has 0 fully saturated rings. The molecule has 2 amide bonds. The van der Waals surface area contributed by atoms with Gasteiger partial charge in [0.05, 0.1) is 11.1 Å². The second-order valence-corrected chi connectivity index (χ2v) is 4.80. The number of carbonyl (C=O) groups excluding carboxylic acids is 2. The fourth-order valence-electron chi connectivity index (χ4n) is 1.75. The molecule has 0 bridgehead atoms. The number of hydrogen-bond acceptors (Lipinski definition) is 4. The minimum atomic E-state index is -0.610. The van der Waals surface area contributed by atoms with E-state index in [0.29, 0.717) is 6.54 Å². The van der Waals surface area contributed by atoms with Gasteiger partial charge in [0.1, 0.15) is 0 Å². The highest BCUT2D eigenvalue weighted by Crippen LogP contribution is 2.07. The summed E-state index contributed by atoms with van der Waals surface area (Å²) in [6, 6.07) is 6.47. The van der Waals surface area contributed by atoms with Crippen LogP contribution in [0.1, 0.15) is 33.6 Å². The lowest BCUT2D eigenvalue weighted by atomic mass is 10.1. The van der Waals surface area contributed by atoms with Crippen molar-refractivity contribution in [2.75, 3.05) is 27.2 Å². The van der Waals surface area contributed by atoms with Crippen LogP contribution in [0.4, 0.5) is 0 Å². The molecule has 110 valence electrons. The van der Waals surface area contributed by atoms with Gasteiger partial charge >= 0.3 is 0 Å². The highest BCUT2D eigenvalue weighted by atomic mass is 16.2. The lowest BCUT2D eigenvalue weighted by Crippen LogP contribution is -2.39. The minimum Gasteiger partial charge on any atom is -0.366 e. The molecular formula is C14H22N4O2. The number of hydrazine groups is 1. The van der Waals surface area contributed by atoms with Crippen LogP contribution in [-0.4, -0.2) is 43.9 Å². The molecule has 0 saturated carbocycles. The first-order valence-electron chi connectivity index (χ1n) is 6.59. The van der Waals surface area contributed by atoms with Crippen molar-refractivity contribution in [2.24, 2.45) is 5.73 Å². The fourth-order valence-corrected chi connectivity index (χ4v) is 1.75. The van der Waals surface area contributed by atoms with Crippen molar-refractivity contribution in [3.05, 3.63) is 35.4 Å². The average molecular weight is 278 g/mol. The monoisotopic (exact) mass is 278 g/mol. The lowest BCUT2D eigenvalue weighted by molar-refractivity contribution is 0.0919. The van der Waals surface area contributed by atoms with E-state index in [-0.39, 0.29) is 17.0 Å². The second-order valence-electron chi connectivity index (χ2n) is 4.80. The van der Waals surface area contributed by atoms with Crippen LogP contribution in [0.3, 0.4) is 0 Å². The van der Waals surface area contributed by atoms with E-state index >= 15 is 0 Å². The maximum Gasteiger partial charge on any atom is 0.266 e. The molecule has 0 heterocycles. The Labute approximate surface area is 119 Å². The van der Waals surface area contributed by atoms with Crippen LogP contribution >= 0.6 is 0 Å². The summed E-state index contributed by atoms with van der Waals surface area (Å²) in [6.45, 7) is 1.69. The highest BCUT2D eigenvalue weighted by molar-refractivity contribution is 6.06. The van der Waals surface area contributed by atoms with Crippen molar-refractivity contribution < 1.29 is 9.59 Å². The topological polar surface area (TPSA) is 87.5 Å². The second kappa shape index (κ2) is 8.29. The van der Waals surface area contributed by atoms with Crippen molar-refractivity contribution >= 4 is 11.8 Å². The van der Waals surface area contributed by atoms with Crippen LogP contribution in [0, 0.1) is 0 Å². The predicted molar refractivity (Wildman–Crippen MR) is 78.2 cm³/mol. The Bertz CT molecular complexity index is 460. The first kappa shape index (κ1) is 16.1. The molecule has 0 aromatic heterocycles. The van der Waals surface area contributed by atoms with Crippen molar-refractivity contribution in [3.8, 4) is 0 Å². The Balaban J connectivity index is 2.38. The van der Waals surface area contributed by atoms with Gasteiger partial charge in [0.15, 0.2) is 0 Å². The van der Waals surface area contributed by atoms with E-state index in [1.807, 2.05) is 14.1 Å². The normalized spacial score (nSPS) is 10.6. The zero-order valence-corrected chi connectivity index (χ0v) is 12.0. The van der Waals surface area contributed by atoms with Gasteiger partial charge in [0.25, 0.3) is 5.91 Å². The summed E-state index contributed by atoms with van der Waals surface area (Å²) in [5.74, 6) is -0.964. The van der Waals surface area contributed by atoms with Crippen LogP contribution in [0.15, 0.2) is 24.3 Å². The standard InChI is InChI=1S/C14H22N4O2/c1-18(2)10-6-5-9-16-17-14(20)12-8-4-3-7-11(12)13(15)19/h3-4,7-8,16H,5-6,9-10H2,1-2H3,(H2,15,19)(H,17,20). The molecule has 1 aromatic carbocycles. The van der Waals surface area contributed by atoms with Crippen molar-refractivity contribution in [3.63, 3.8) is 0 Å². The van der Waals surface area contributed by atoms with Gasteiger partial charge in [-0.15, -0.1) is 0 Å². The SMILES string of the molecule is CN(C)CCCCNNC(=O)c1ccccc1C(N)=O. The first-order chi connectivity index (χ1) is 9.52. The predicted octanol–water partition coefficient (Wildman–Crippen LogP) is 0.362. The van der Waals surface area contributed by atoms with Crippen LogP contribution < -0.4 is 16.6 Å². The Morgan fingerprint density at radius 2 is 1.80 bits per heavy atom. The van der Waals surface area contributed by atoms with Crippen LogP contribution in [0.25, 0.3) is 0 Å². The van der Waals surface area contributed by atoms with Gasteiger partial charge in [-0.1, -0.05) is 12.1 Å². The van der Waals surface area contributed by atoms with Gasteiger partial charge in [0.2, 0.25) is 5.91 Å². The number of nitrogens with two attached hydrogens (primary N) is 1. The zero-order valence-electron chi connectivity index (χ0n) is 12.0. The highest BCUT2D eigenvalue weighted by Gasteiger charge is 2.13. The summed E-state index contributed by atoms with van der Waals surface area (Å²) in [6.07, 6.45) is 2.00. The summed E-state index contributed by atoms with van der Waals surface area (Å²) in [5.41, 5.74) is 11.2. The first-order valence-corrected chi connectivity index (χ1v) is 6.59. The van der Waals surface area contributed by atoms with E-state index < -0.39 is 5.91 Å². The summed E-state index contributed by atoms with van der Waals surface area (Å²) < 4.78 is 0. The molecular weight excluding hydrogens is 256 g/mol. The van der Waals surface area contributed by atoms with E-state index in [1.165, 1.54) is 6.07 Å². The van der Waals surface area contributed by atoms with Gasteiger partial charge in [-0.25, -0.2) is 5.43 Å². The van der Waals surface area contributed by atoms with E-state index in [4.69, 9.17) is 5.73 Å². The molecule has 20 heavy (non-hydrogen) atoms. The lowest BCUT2D eigenvalue weighted by Gasteiger charge is -2.11. The summed E-state index contributed by atoms with van der Waals surface area (Å²) in [5, 5.41) is 0. The summed E-state index contributed by atoms with van der Waals surface area (Å²) in [4.78, 5) is 25.3. The molecule has 4 N–H and O–H groups in total. The van der Waals surface area contributed by atoms with E-state index in [0.717, 1.165) is 19.4 Å². The molecule has 0 atom stereocenters. The molecule has 0 saturated heterocycles. The number of hydrogen-bond donors (Lipinski definition) is 3. The van der Waals surface area contributed by atoms with E-state index in [1.54, 1.807) is 18.2 Å². The fraction of sp³-hybridized carbons (Fsp3) is 0.429. The number of benzene rings is 1. The van der Waals surface area contributed by atoms with E-state index in [2.05, 4.69) is 15.8 Å². The number of unbranched alkanes of at least 4 members (excludes halogenated alkanes) is 1. The molecule has 0 aliphatic rings. The summed E-state index contributed by atoms with van der Waals surface area (Å²) in [7, 11) is 4.05. The van der Waals surface area contributed by atoms with E-state index in [9.17, 15) is 9.59 Å². The van der Waals surface area contributed by atoms with Gasteiger partial charge in [-0.05, 0) is 45.6 Å². The van der Waals surface area contributed by atoms with Crippen LogP contribution in [0.5, 0.6) is 0 Å². The van der Waals surface area contributed by atoms with Gasteiger partial charge in [-0.2, -0.15) is 0 Å². The van der Waals surface area contributed by atoms with Gasteiger partial charge in [0, 0.05) is 6.54 Å². The molecule has 0 radical (unpaired) electrons. The molecule has 6 nitrogen and oxygen atoms in total. The van der Waals surface area contributed by atoms with Crippen molar-refractivity contribution in [1.82, 2.24) is 15.8 Å². The number of rotatable bonds is 8. The zero-order chi connectivity index (χ0) is 15.0. The third kappa shape index (κ3) is 5.38.